The molecule has 5 nitrogen and oxygen atoms in total. The number of hydrogen-bond acceptors (Lipinski definition) is 5. The zero-order valence-electron chi connectivity index (χ0n) is 13.3. The summed E-state index contributed by atoms with van der Waals surface area (Å²) in [4.78, 5) is 11.7. The predicted molar refractivity (Wildman–Crippen MR) is 84.5 cm³/mol. The van der Waals surface area contributed by atoms with E-state index in [1.807, 2.05) is 0 Å². The van der Waals surface area contributed by atoms with E-state index in [-0.39, 0.29) is 0 Å². The molecule has 5 heteroatoms. The van der Waals surface area contributed by atoms with Gasteiger partial charge in [-0.25, -0.2) is 9.97 Å². The van der Waals surface area contributed by atoms with Crippen molar-refractivity contribution in [1.29, 1.82) is 0 Å². The fourth-order valence-electron chi connectivity index (χ4n) is 2.52. The number of anilines is 2. The van der Waals surface area contributed by atoms with Crippen LogP contribution in [-0.4, -0.2) is 47.6 Å². The summed E-state index contributed by atoms with van der Waals surface area (Å²) in [5, 5.41) is 6.94. The lowest BCUT2D eigenvalue weighted by Crippen LogP contribution is -2.25. The van der Waals surface area contributed by atoms with Gasteiger partial charge in [-0.05, 0) is 33.9 Å². The molecule has 0 saturated carbocycles. The molecule has 1 aliphatic heterocycles. The molecule has 1 unspecified atom stereocenters. The Labute approximate surface area is 122 Å². The average molecular weight is 277 g/mol. The molecule has 1 atom stereocenters. The van der Waals surface area contributed by atoms with Crippen LogP contribution in [0.2, 0.25) is 0 Å². The van der Waals surface area contributed by atoms with E-state index in [1.165, 1.54) is 6.42 Å². The van der Waals surface area contributed by atoms with Gasteiger partial charge in [-0.1, -0.05) is 13.8 Å². The molecule has 1 aliphatic rings. The summed E-state index contributed by atoms with van der Waals surface area (Å²) in [6.07, 6.45) is 1.17. The predicted octanol–water partition coefficient (Wildman–Crippen LogP) is 2.46. The minimum absolute atomic E-state index is 0.333. The van der Waals surface area contributed by atoms with Crippen molar-refractivity contribution in [2.45, 2.75) is 46.1 Å². The van der Waals surface area contributed by atoms with E-state index < -0.39 is 0 Å². The van der Waals surface area contributed by atoms with Crippen LogP contribution >= 0.6 is 0 Å². The average Bonchev–Trinajstić information content (AvgIpc) is 2.79. The Morgan fingerprint density at radius 3 is 2.55 bits per heavy atom. The molecule has 1 aromatic heterocycles. The second kappa shape index (κ2) is 6.39. The van der Waals surface area contributed by atoms with E-state index in [4.69, 9.17) is 4.98 Å². The Bertz CT molecular complexity index is 458. The Morgan fingerprint density at radius 1 is 1.30 bits per heavy atom. The van der Waals surface area contributed by atoms with Gasteiger partial charge in [-0.15, -0.1) is 0 Å². The first-order valence-corrected chi connectivity index (χ1v) is 7.58. The third-order valence-electron chi connectivity index (χ3n) is 3.76. The molecular weight excluding hydrogens is 250 g/mol. The van der Waals surface area contributed by atoms with Crippen molar-refractivity contribution in [2.75, 3.05) is 37.3 Å². The third-order valence-corrected chi connectivity index (χ3v) is 3.76. The van der Waals surface area contributed by atoms with Gasteiger partial charge < -0.3 is 15.5 Å². The summed E-state index contributed by atoms with van der Waals surface area (Å²) in [6.45, 7) is 11.6. The minimum atomic E-state index is 0.333. The third kappa shape index (κ3) is 3.39. The number of likely N-dealkylation sites (N-methyl/N-ethyl adjacent to an activating group) is 1. The first-order chi connectivity index (χ1) is 9.51. The first-order valence-electron chi connectivity index (χ1n) is 7.58. The van der Waals surface area contributed by atoms with Crippen molar-refractivity contribution in [3.05, 3.63) is 11.4 Å². The highest BCUT2D eigenvalue weighted by Crippen LogP contribution is 2.24. The summed E-state index contributed by atoms with van der Waals surface area (Å²) in [6, 6.07) is 0.489. The fourth-order valence-corrected chi connectivity index (χ4v) is 2.52. The maximum absolute atomic E-state index is 4.72. The summed E-state index contributed by atoms with van der Waals surface area (Å²) in [7, 11) is 2.16. The number of rotatable bonds is 5. The minimum Gasteiger partial charge on any atom is -0.370 e. The molecule has 1 fully saturated rings. The van der Waals surface area contributed by atoms with Crippen LogP contribution in [0.5, 0.6) is 0 Å². The lowest BCUT2D eigenvalue weighted by atomic mass is 10.2. The lowest BCUT2D eigenvalue weighted by Gasteiger charge is -2.19. The van der Waals surface area contributed by atoms with E-state index in [2.05, 4.69) is 55.3 Å². The first kappa shape index (κ1) is 15.0. The molecular formula is C15H27N5. The van der Waals surface area contributed by atoms with Gasteiger partial charge in [0.25, 0.3) is 0 Å². The number of aromatic nitrogens is 2. The van der Waals surface area contributed by atoms with E-state index >= 15 is 0 Å². The summed E-state index contributed by atoms with van der Waals surface area (Å²) in [5.74, 6) is 3.18. The van der Waals surface area contributed by atoms with E-state index in [1.54, 1.807) is 0 Å². The van der Waals surface area contributed by atoms with Gasteiger partial charge in [0.1, 0.15) is 17.5 Å². The molecule has 20 heavy (non-hydrogen) atoms. The van der Waals surface area contributed by atoms with Crippen LogP contribution in [0.4, 0.5) is 11.6 Å². The molecule has 0 bridgehead atoms. The van der Waals surface area contributed by atoms with Gasteiger partial charge in [0.2, 0.25) is 0 Å². The van der Waals surface area contributed by atoms with Crippen LogP contribution in [0.15, 0.2) is 0 Å². The number of nitrogens with one attached hydrogen (secondary N) is 2. The van der Waals surface area contributed by atoms with Crippen molar-refractivity contribution < 1.29 is 0 Å². The quantitative estimate of drug-likeness (QED) is 0.866. The van der Waals surface area contributed by atoms with Gasteiger partial charge in [-0.3, -0.25) is 0 Å². The Hall–Kier alpha value is -1.36. The van der Waals surface area contributed by atoms with Gasteiger partial charge in [0.05, 0.1) is 0 Å². The largest absolute Gasteiger partial charge is 0.370 e. The van der Waals surface area contributed by atoms with Crippen LogP contribution in [-0.2, 0) is 0 Å². The molecule has 2 N–H and O–H groups in total. The number of likely N-dealkylation sites (tertiary alicyclic amines) is 1. The Balaban J connectivity index is 2.25. The van der Waals surface area contributed by atoms with Gasteiger partial charge in [0.15, 0.2) is 0 Å². The summed E-state index contributed by atoms with van der Waals surface area (Å²) in [5.41, 5.74) is 1.12. The molecule has 0 aromatic carbocycles. The molecule has 0 radical (unpaired) electrons. The maximum atomic E-state index is 4.72. The molecule has 112 valence electrons. The molecule has 1 saturated heterocycles. The van der Waals surface area contributed by atoms with Crippen LogP contribution < -0.4 is 10.6 Å². The molecule has 0 amide bonds. The highest BCUT2D eigenvalue weighted by Gasteiger charge is 2.21. The van der Waals surface area contributed by atoms with Crippen LogP contribution in [0.1, 0.15) is 44.5 Å². The summed E-state index contributed by atoms with van der Waals surface area (Å²) >= 11 is 0. The number of hydrogen-bond donors (Lipinski definition) is 2. The standard InChI is InChI=1S/C15H27N5/c1-6-16-14-11(4)15(19-13(18-14)10(2)3)17-12-7-8-20(5)9-12/h10,12H,6-9H2,1-5H3,(H2,16,17,18,19). The van der Waals surface area contributed by atoms with Crippen LogP contribution in [0.25, 0.3) is 0 Å². The summed E-state index contributed by atoms with van der Waals surface area (Å²) < 4.78 is 0. The van der Waals surface area contributed by atoms with Gasteiger partial charge in [0, 0.05) is 30.6 Å². The molecule has 2 heterocycles. The van der Waals surface area contributed by atoms with Crippen molar-refractivity contribution in [1.82, 2.24) is 14.9 Å². The zero-order valence-corrected chi connectivity index (χ0v) is 13.3. The van der Waals surface area contributed by atoms with Crippen LogP contribution in [0.3, 0.4) is 0 Å². The van der Waals surface area contributed by atoms with Crippen LogP contribution in [0, 0.1) is 6.92 Å². The second-order valence-corrected chi connectivity index (χ2v) is 5.98. The van der Waals surface area contributed by atoms with E-state index in [0.717, 1.165) is 42.7 Å². The highest BCUT2D eigenvalue weighted by molar-refractivity contribution is 5.57. The molecule has 2 rings (SSSR count). The van der Waals surface area contributed by atoms with Crippen molar-refractivity contribution in [3.63, 3.8) is 0 Å². The zero-order chi connectivity index (χ0) is 14.7. The smallest absolute Gasteiger partial charge is 0.135 e. The number of nitrogens with zero attached hydrogens (tertiary/aromatic N) is 3. The Morgan fingerprint density at radius 2 is 2.00 bits per heavy atom. The fraction of sp³-hybridized carbons (Fsp3) is 0.733. The van der Waals surface area contributed by atoms with Gasteiger partial charge in [-0.2, -0.15) is 0 Å². The topological polar surface area (TPSA) is 53.1 Å². The highest BCUT2D eigenvalue weighted by atomic mass is 15.2. The monoisotopic (exact) mass is 277 g/mol. The SMILES string of the molecule is CCNc1nc(C(C)C)nc(NC2CCN(C)C2)c1C. The second-order valence-electron chi connectivity index (χ2n) is 5.98. The normalized spacial score (nSPS) is 19.6. The Kier molecular flexibility index (Phi) is 4.81. The van der Waals surface area contributed by atoms with Gasteiger partial charge >= 0.3 is 0 Å². The molecule has 0 spiro atoms. The van der Waals surface area contributed by atoms with Crippen molar-refractivity contribution >= 4 is 11.6 Å². The van der Waals surface area contributed by atoms with Crippen molar-refractivity contribution in [3.8, 4) is 0 Å². The van der Waals surface area contributed by atoms with Crippen molar-refractivity contribution in [2.24, 2.45) is 0 Å². The lowest BCUT2D eigenvalue weighted by molar-refractivity contribution is 0.414. The maximum Gasteiger partial charge on any atom is 0.135 e. The van der Waals surface area contributed by atoms with E-state index in [9.17, 15) is 0 Å². The molecule has 1 aromatic rings. The molecule has 0 aliphatic carbocycles. The van der Waals surface area contributed by atoms with E-state index in [0.29, 0.717) is 12.0 Å².